The maximum atomic E-state index is 2.54. The molecular formula is C132H77N11. The SMILES string of the molecule is c1ccc2c(c1)c1cccc3c1n2c1ccccc1n1c2ccccc2c2ccc4c5ccccc5n3c4c21.c1ccc2c(c1)c1ccccc1n2-c1ccc2c(c1)c1ccc3c4ccccc4n4c5cccc6c7ccccc7n(c7ccccc7n2c1c34)c65.c1ccc2c(c1)c1ccccc1n2-c1ccc2c(c1)c1cccc3c1n2c1ccccc1n1c2ccccc2c2ccc4c5ccccc5n3c4c21. The lowest BCUT2D eigenvalue weighted by Crippen LogP contribution is -1.94. The molecule has 0 aliphatic rings. The summed E-state index contributed by atoms with van der Waals surface area (Å²) in [7, 11) is 0. The molecule has 22 aromatic carbocycles. The molecule has 0 saturated heterocycles. The van der Waals surface area contributed by atoms with E-state index in [1.165, 1.54) is 278 Å². The van der Waals surface area contributed by atoms with Gasteiger partial charge >= 0.3 is 0 Å². The van der Waals surface area contributed by atoms with Gasteiger partial charge in [-0.05, 0) is 158 Å². The van der Waals surface area contributed by atoms with Crippen molar-refractivity contribution in [3.05, 3.63) is 467 Å². The number of nitrogens with zero attached hydrogens (tertiary/aromatic N) is 11. The molecule has 36 rings (SSSR count). The highest BCUT2D eigenvalue weighted by Crippen LogP contribution is 2.50. The van der Waals surface area contributed by atoms with E-state index in [9.17, 15) is 0 Å². The lowest BCUT2D eigenvalue weighted by Gasteiger charge is -2.09. The summed E-state index contributed by atoms with van der Waals surface area (Å²) in [6.07, 6.45) is 0. The molecule has 14 aromatic heterocycles. The average Bonchev–Trinajstić information content (AvgIpc) is 1.53. The molecule has 14 heterocycles. The molecule has 11 nitrogen and oxygen atoms in total. The van der Waals surface area contributed by atoms with Crippen LogP contribution in [0.3, 0.4) is 0 Å². The minimum absolute atomic E-state index is 1.16. The van der Waals surface area contributed by atoms with E-state index in [2.05, 4.69) is 516 Å². The molecular weight excluding hydrogens is 1740 g/mol. The van der Waals surface area contributed by atoms with Gasteiger partial charge in [-0.15, -0.1) is 0 Å². The van der Waals surface area contributed by atoms with Gasteiger partial charge in [0.2, 0.25) is 0 Å². The maximum absolute atomic E-state index is 2.54. The Balaban J connectivity index is 0.0000000939. The van der Waals surface area contributed by atoms with Crippen LogP contribution in [-0.2, 0) is 0 Å². The van der Waals surface area contributed by atoms with Crippen LogP contribution in [0, 0.1) is 0 Å². The van der Waals surface area contributed by atoms with Crippen molar-refractivity contribution in [1.29, 1.82) is 0 Å². The fourth-order valence-corrected chi connectivity index (χ4v) is 26.6. The van der Waals surface area contributed by atoms with Crippen molar-refractivity contribution in [3.63, 3.8) is 0 Å². The van der Waals surface area contributed by atoms with E-state index in [0.29, 0.717) is 0 Å². The normalized spacial score (nSPS) is 12.6. The molecule has 36 aromatic rings. The lowest BCUT2D eigenvalue weighted by molar-refractivity contribution is 1.18. The minimum atomic E-state index is 1.16. The molecule has 0 spiro atoms. The van der Waals surface area contributed by atoms with E-state index in [0.717, 1.165) is 22.4 Å². The van der Waals surface area contributed by atoms with Crippen LogP contribution in [0.15, 0.2) is 467 Å². The summed E-state index contributed by atoms with van der Waals surface area (Å²) in [6.45, 7) is 0. The Kier molecular flexibility index (Phi) is 14.7. The van der Waals surface area contributed by atoms with E-state index in [1.54, 1.807) is 0 Å². The van der Waals surface area contributed by atoms with Gasteiger partial charge in [-0.1, -0.05) is 309 Å². The van der Waals surface area contributed by atoms with Gasteiger partial charge in [0.25, 0.3) is 0 Å². The van der Waals surface area contributed by atoms with Crippen LogP contribution in [0.5, 0.6) is 0 Å². The first-order valence-electron chi connectivity index (χ1n) is 49.4. The number of para-hydroxylation sites is 20. The third-order valence-corrected chi connectivity index (χ3v) is 32.1. The van der Waals surface area contributed by atoms with Crippen LogP contribution in [0.1, 0.15) is 0 Å². The summed E-state index contributed by atoms with van der Waals surface area (Å²) in [5.74, 6) is 0. The van der Waals surface area contributed by atoms with Gasteiger partial charge < -0.3 is 48.7 Å². The van der Waals surface area contributed by atoms with Crippen molar-refractivity contribution in [2.45, 2.75) is 0 Å². The Hall–Kier alpha value is -19.4. The quantitative estimate of drug-likeness (QED) is 0.166. The Labute approximate surface area is 811 Å². The summed E-state index contributed by atoms with van der Waals surface area (Å²) in [6, 6.07) is 173. The predicted octanol–water partition coefficient (Wildman–Crippen LogP) is 34.3. The van der Waals surface area contributed by atoms with Crippen LogP contribution in [0.25, 0.3) is 301 Å². The number of hydrogen-bond acceptors (Lipinski definition) is 0. The Morgan fingerprint density at radius 2 is 0.224 bits per heavy atom. The molecule has 0 bridgehead atoms. The van der Waals surface area contributed by atoms with Crippen molar-refractivity contribution in [2.75, 3.05) is 0 Å². The molecule has 0 atom stereocenters. The Bertz CT molecular complexity index is 12100. The maximum Gasteiger partial charge on any atom is 0.0789 e. The molecule has 143 heavy (non-hydrogen) atoms. The topological polar surface area (TPSA) is 49.5 Å². The van der Waals surface area contributed by atoms with Gasteiger partial charge in [-0.2, -0.15) is 0 Å². The summed E-state index contributed by atoms with van der Waals surface area (Å²) >= 11 is 0. The molecule has 660 valence electrons. The summed E-state index contributed by atoms with van der Waals surface area (Å²) in [5.41, 5.74) is 39.8. The molecule has 0 radical (unpaired) electrons. The Morgan fingerprint density at radius 1 is 0.0839 bits per heavy atom. The second-order valence-electron chi connectivity index (χ2n) is 38.8. The van der Waals surface area contributed by atoms with Crippen LogP contribution >= 0.6 is 0 Å². The molecule has 0 amide bonds. The smallest absolute Gasteiger partial charge is 0.0789 e. The molecule has 0 saturated carbocycles. The molecule has 0 aliphatic heterocycles. The first-order valence-corrected chi connectivity index (χ1v) is 49.4. The second kappa shape index (κ2) is 27.8. The van der Waals surface area contributed by atoms with E-state index < -0.39 is 0 Å². The van der Waals surface area contributed by atoms with Crippen molar-refractivity contribution in [1.82, 2.24) is 48.7 Å². The largest absolute Gasteiger partial charge is 0.309 e. The fourth-order valence-electron chi connectivity index (χ4n) is 26.6. The number of fused-ring (bicyclic) bond motifs is 45. The van der Waals surface area contributed by atoms with Crippen LogP contribution < -0.4 is 0 Å². The number of benzene rings is 22. The highest BCUT2D eigenvalue weighted by molar-refractivity contribution is 6.31. The number of hydrogen-bond donors (Lipinski definition) is 0. The first kappa shape index (κ1) is 75.8. The number of aromatic nitrogens is 11. The highest BCUT2D eigenvalue weighted by atomic mass is 15.1. The average molecular weight is 1820 g/mol. The van der Waals surface area contributed by atoms with E-state index in [-0.39, 0.29) is 0 Å². The van der Waals surface area contributed by atoms with Crippen molar-refractivity contribution < 1.29 is 0 Å². The van der Waals surface area contributed by atoms with E-state index in [4.69, 9.17) is 0 Å². The van der Waals surface area contributed by atoms with Crippen molar-refractivity contribution >= 4 is 290 Å². The van der Waals surface area contributed by atoms with Gasteiger partial charge in [-0.3, -0.25) is 0 Å². The van der Waals surface area contributed by atoms with Gasteiger partial charge in [0.05, 0.1) is 171 Å². The van der Waals surface area contributed by atoms with Crippen molar-refractivity contribution in [2.24, 2.45) is 0 Å². The zero-order valence-electron chi connectivity index (χ0n) is 76.9. The van der Waals surface area contributed by atoms with Gasteiger partial charge in [0, 0.05) is 130 Å². The first-order chi connectivity index (χ1) is 71.1. The minimum Gasteiger partial charge on any atom is -0.309 e. The molecule has 11 heteroatoms. The zero-order chi connectivity index (χ0) is 92.6. The Morgan fingerprint density at radius 3 is 0.448 bits per heavy atom. The van der Waals surface area contributed by atoms with Crippen LogP contribution in [0.4, 0.5) is 0 Å². The number of rotatable bonds is 2. The third kappa shape index (κ3) is 9.67. The van der Waals surface area contributed by atoms with Crippen molar-refractivity contribution in [3.8, 4) is 11.4 Å². The monoisotopic (exact) mass is 1820 g/mol. The molecule has 0 fully saturated rings. The zero-order valence-corrected chi connectivity index (χ0v) is 76.9. The summed E-state index contributed by atoms with van der Waals surface area (Å²) < 4.78 is 27.5. The van der Waals surface area contributed by atoms with Crippen LogP contribution in [-0.4, -0.2) is 48.7 Å². The molecule has 0 unspecified atom stereocenters. The van der Waals surface area contributed by atoms with Gasteiger partial charge in [0.1, 0.15) is 0 Å². The molecule has 0 N–H and O–H groups in total. The van der Waals surface area contributed by atoms with E-state index >= 15 is 0 Å². The summed E-state index contributed by atoms with van der Waals surface area (Å²) in [4.78, 5) is 0. The fraction of sp³-hybridized carbons (Fsp3) is 0. The van der Waals surface area contributed by atoms with Gasteiger partial charge in [-0.25, -0.2) is 0 Å². The standard InChI is InChI=1S/2C48H28N4.C36H21N3/c1-5-17-38-30(12-1)31-13-2-6-18-39(31)49(38)29-24-27-42-37(28-29)34-16-11-23-45-46(34)50(42)43-21-9-10-22-44(43)51-40-19-7-3-14-32(40)35-25-26-36-33-15-4-8-20-41(33)52(45)48(36)47(35)51;1-5-17-38-30(12-1)31-13-2-6-18-39(31)49(38)29-24-27-42-37(28-29)36-26-25-35-33-15-4-8-20-41(33)52-45-23-11-16-34-32-14-3-7-19-40(32)50(46(34)45)43-21-9-10-22-44(43)51(42)48(36)47(35)52;1-4-14-28-22(10-1)25-13-9-19-33-34(25)37(28)31-17-7-8-18-32(31)38-29-15-5-2-11-23(29)26-20-21-27-24-12-3-6-16-30(24)39(33)36(27)35(26)38/h2*1-28H;1-21H. The lowest BCUT2D eigenvalue weighted by atomic mass is 10.1. The second-order valence-corrected chi connectivity index (χ2v) is 38.8. The van der Waals surface area contributed by atoms with E-state index in [1.807, 2.05) is 0 Å². The van der Waals surface area contributed by atoms with Gasteiger partial charge in [0.15, 0.2) is 0 Å². The summed E-state index contributed by atoms with van der Waals surface area (Å²) in [5, 5.41) is 27.8. The highest BCUT2D eigenvalue weighted by Gasteiger charge is 2.29. The molecule has 0 aliphatic carbocycles. The van der Waals surface area contributed by atoms with Crippen LogP contribution in [0.2, 0.25) is 0 Å². The predicted molar refractivity (Wildman–Crippen MR) is 602 cm³/mol. The third-order valence-electron chi connectivity index (χ3n) is 32.1.